The number of ether oxygens (including phenoxy) is 1. The lowest BCUT2D eigenvalue weighted by molar-refractivity contribution is 0.287. The van der Waals surface area contributed by atoms with Gasteiger partial charge in [0, 0.05) is 0 Å². The van der Waals surface area contributed by atoms with Gasteiger partial charge in [-0.25, -0.2) is 0 Å². The summed E-state index contributed by atoms with van der Waals surface area (Å²) in [5.41, 5.74) is 5.66. The number of allylic oxidation sites excluding steroid dienone is 2. The molecule has 1 heteroatoms. The molecular weight excluding hydrogens is 364 g/mol. The highest BCUT2D eigenvalue weighted by Crippen LogP contribution is 2.33. The van der Waals surface area contributed by atoms with Crippen molar-refractivity contribution in [2.45, 2.75) is 25.7 Å². The minimum absolute atomic E-state index is 0.681. The number of aryl methyl sites for hydroxylation is 2. The molecule has 0 radical (unpaired) electrons. The van der Waals surface area contributed by atoms with E-state index in [0.717, 1.165) is 0 Å². The van der Waals surface area contributed by atoms with Crippen LogP contribution in [0.5, 0.6) is 0 Å². The molecule has 1 heterocycles. The lowest BCUT2D eigenvalue weighted by Crippen LogP contribution is -2.02. The molecule has 1 aliphatic carbocycles. The molecule has 2 aliphatic rings. The van der Waals surface area contributed by atoms with Crippen molar-refractivity contribution in [3.8, 4) is 0 Å². The molecule has 6 rings (SSSR count). The third kappa shape index (κ3) is 3.76. The Hall–Kier alpha value is -3.32. The fourth-order valence-electron chi connectivity index (χ4n) is 4.57. The topological polar surface area (TPSA) is 9.23 Å². The molecule has 0 spiro atoms. The Morgan fingerprint density at radius 2 is 1.43 bits per heavy atom. The first-order chi connectivity index (χ1) is 14.9. The number of hydrogen-bond acceptors (Lipinski definition) is 1. The van der Waals surface area contributed by atoms with Gasteiger partial charge in [-0.3, -0.25) is 0 Å². The van der Waals surface area contributed by atoms with Crippen molar-refractivity contribution in [3.63, 3.8) is 0 Å². The van der Waals surface area contributed by atoms with E-state index in [0.29, 0.717) is 6.61 Å². The number of benzene rings is 4. The highest BCUT2D eigenvalue weighted by Gasteiger charge is 2.13. The first-order valence-electron chi connectivity index (χ1n) is 10.9. The molecule has 1 nitrogen and oxygen atoms in total. The summed E-state index contributed by atoms with van der Waals surface area (Å²) in [5.74, 6) is 0. The van der Waals surface area contributed by atoms with Crippen LogP contribution in [-0.2, 0) is 17.6 Å². The normalized spacial score (nSPS) is 15.0. The summed E-state index contributed by atoms with van der Waals surface area (Å²) in [6, 6.07) is 28.3. The van der Waals surface area contributed by atoms with Gasteiger partial charge in [-0.05, 0) is 81.6 Å². The third-order valence-electron chi connectivity index (χ3n) is 6.11. The zero-order valence-corrected chi connectivity index (χ0v) is 17.2. The Balaban J connectivity index is 0.000000140. The summed E-state index contributed by atoms with van der Waals surface area (Å²) < 4.78 is 5.06. The second-order valence-electron chi connectivity index (χ2n) is 7.95. The standard InChI is InChI=1S/C18H16.C11H10O/c1-3-7-15-13(5-1)9-11-18-16-8-4-2-6-14(16)10-12-17(15)18;1-2-4-10(5-3-1)11-6-8-12-9-7-11/h1,3,5,7,9-12H,2,4,6,8H2;1-8H,9H2. The first kappa shape index (κ1) is 18.7. The number of rotatable bonds is 1. The molecule has 1 aliphatic heterocycles. The Morgan fingerprint density at radius 1 is 0.633 bits per heavy atom. The second-order valence-corrected chi connectivity index (χ2v) is 7.95. The van der Waals surface area contributed by atoms with E-state index in [2.05, 4.69) is 66.7 Å². The van der Waals surface area contributed by atoms with E-state index < -0.39 is 0 Å². The molecule has 30 heavy (non-hydrogen) atoms. The molecular formula is C29H26O. The Labute approximate surface area is 178 Å². The van der Waals surface area contributed by atoms with Crippen LogP contribution in [0.15, 0.2) is 97.3 Å². The van der Waals surface area contributed by atoms with Gasteiger partial charge >= 0.3 is 0 Å². The summed E-state index contributed by atoms with van der Waals surface area (Å²) in [4.78, 5) is 0. The SMILES string of the molecule is C1=CC(c2ccccc2)=CCO1.c1ccc2c(c1)ccc1c3c(ccc12)CCCC3. The van der Waals surface area contributed by atoms with Crippen LogP contribution in [0.1, 0.15) is 29.5 Å². The molecule has 0 bridgehead atoms. The largest absolute Gasteiger partial charge is 0.497 e. The summed E-state index contributed by atoms with van der Waals surface area (Å²) in [5, 5.41) is 5.64. The average molecular weight is 391 g/mol. The molecule has 0 aromatic heterocycles. The molecule has 0 amide bonds. The van der Waals surface area contributed by atoms with Crippen LogP contribution < -0.4 is 0 Å². The fraction of sp³-hybridized carbons (Fsp3) is 0.172. The van der Waals surface area contributed by atoms with Crippen LogP contribution in [-0.4, -0.2) is 6.61 Å². The molecule has 0 unspecified atom stereocenters. The predicted molar refractivity (Wildman–Crippen MR) is 128 cm³/mol. The van der Waals surface area contributed by atoms with Crippen LogP contribution >= 0.6 is 0 Å². The van der Waals surface area contributed by atoms with E-state index >= 15 is 0 Å². The van der Waals surface area contributed by atoms with Crippen LogP contribution in [0, 0.1) is 0 Å². The Bertz CT molecular complexity index is 1230. The highest BCUT2D eigenvalue weighted by atomic mass is 16.5. The second kappa shape index (κ2) is 8.59. The van der Waals surface area contributed by atoms with E-state index in [9.17, 15) is 0 Å². The Kier molecular flexibility index (Phi) is 5.35. The van der Waals surface area contributed by atoms with Gasteiger partial charge in [-0.15, -0.1) is 0 Å². The van der Waals surface area contributed by atoms with Crippen molar-refractivity contribution in [1.29, 1.82) is 0 Å². The zero-order valence-electron chi connectivity index (χ0n) is 17.2. The quantitative estimate of drug-likeness (QED) is 0.306. The summed E-state index contributed by atoms with van der Waals surface area (Å²) in [6.45, 7) is 0.681. The van der Waals surface area contributed by atoms with E-state index in [1.165, 1.54) is 58.4 Å². The van der Waals surface area contributed by atoms with Crippen molar-refractivity contribution < 1.29 is 4.74 Å². The van der Waals surface area contributed by atoms with Gasteiger partial charge in [0.1, 0.15) is 6.61 Å². The summed E-state index contributed by atoms with van der Waals surface area (Å²) in [7, 11) is 0. The van der Waals surface area contributed by atoms with E-state index in [-0.39, 0.29) is 0 Å². The Morgan fingerprint density at radius 3 is 2.30 bits per heavy atom. The molecule has 0 saturated heterocycles. The average Bonchev–Trinajstić information content (AvgIpc) is 2.85. The molecule has 4 aromatic rings. The highest BCUT2D eigenvalue weighted by molar-refractivity contribution is 6.08. The third-order valence-corrected chi connectivity index (χ3v) is 6.11. The maximum Gasteiger partial charge on any atom is 0.106 e. The number of hydrogen-bond donors (Lipinski definition) is 0. The predicted octanol–water partition coefficient (Wildman–Crippen LogP) is 7.49. The van der Waals surface area contributed by atoms with Gasteiger partial charge in [0.2, 0.25) is 0 Å². The minimum Gasteiger partial charge on any atom is -0.497 e. The van der Waals surface area contributed by atoms with Gasteiger partial charge in [-0.1, -0.05) is 78.9 Å². The smallest absolute Gasteiger partial charge is 0.106 e. The molecule has 4 aromatic carbocycles. The minimum atomic E-state index is 0.681. The van der Waals surface area contributed by atoms with Crippen LogP contribution in [0.4, 0.5) is 0 Å². The van der Waals surface area contributed by atoms with Gasteiger partial charge < -0.3 is 4.74 Å². The number of fused-ring (bicyclic) bond motifs is 5. The zero-order chi connectivity index (χ0) is 20.2. The molecule has 0 saturated carbocycles. The van der Waals surface area contributed by atoms with Crippen molar-refractivity contribution in [3.05, 3.63) is 114 Å². The van der Waals surface area contributed by atoms with Crippen LogP contribution in [0.3, 0.4) is 0 Å². The molecule has 0 atom stereocenters. The van der Waals surface area contributed by atoms with Gasteiger partial charge in [0.25, 0.3) is 0 Å². The van der Waals surface area contributed by atoms with Crippen molar-refractivity contribution in [1.82, 2.24) is 0 Å². The van der Waals surface area contributed by atoms with Crippen molar-refractivity contribution in [2.24, 2.45) is 0 Å². The first-order valence-corrected chi connectivity index (χ1v) is 10.9. The van der Waals surface area contributed by atoms with E-state index in [1.54, 1.807) is 17.4 Å². The van der Waals surface area contributed by atoms with Crippen molar-refractivity contribution in [2.75, 3.05) is 6.61 Å². The van der Waals surface area contributed by atoms with Crippen LogP contribution in [0.2, 0.25) is 0 Å². The molecule has 148 valence electrons. The lowest BCUT2D eigenvalue weighted by atomic mass is 9.86. The molecule has 0 N–H and O–H groups in total. The fourth-order valence-corrected chi connectivity index (χ4v) is 4.57. The van der Waals surface area contributed by atoms with Gasteiger partial charge in [0.15, 0.2) is 0 Å². The van der Waals surface area contributed by atoms with Crippen molar-refractivity contribution >= 4 is 27.1 Å². The van der Waals surface area contributed by atoms with Gasteiger partial charge in [-0.2, -0.15) is 0 Å². The van der Waals surface area contributed by atoms with Crippen LogP contribution in [0.25, 0.3) is 27.1 Å². The maximum absolute atomic E-state index is 5.06. The summed E-state index contributed by atoms with van der Waals surface area (Å²) in [6.07, 6.45) is 11.0. The van der Waals surface area contributed by atoms with E-state index in [4.69, 9.17) is 4.74 Å². The monoisotopic (exact) mass is 390 g/mol. The molecule has 0 fully saturated rings. The summed E-state index contributed by atoms with van der Waals surface area (Å²) >= 11 is 0. The van der Waals surface area contributed by atoms with Gasteiger partial charge in [0.05, 0.1) is 6.26 Å². The van der Waals surface area contributed by atoms with E-state index in [1.807, 2.05) is 24.3 Å². The lowest BCUT2D eigenvalue weighted by Gasteiger charge is -2.18. The maximum atomic E-state index is 5.06.